The van der Waals surface area contributed by atoms with E-state index in [1.165, 1.54) is 71.9 Å². The molecular formula is C51H58Cl2Zr. The van der Waals surface area contributed by atoms with Crippen LogP contribution in [0.4, 0.5) is 0 Å². The maximum atomic E-state index is 2.72. The number of benzene rings is 4. The fourth-order valence-corrected chi connectivity index (χ4v) is 22.6. The van der Waals surface area contributed by atoms with Crippen molar-refractivity contribution in [3.63, 3.8) is 0 Å². The zero-order valence-electron chi connectivity index (χ0n) is 33.7. The second-order valence-electron chi connectivity index (χ2n) is 19.7. The van der Waals surface area contributed by atoms with Crippen LogP contribution in [0.3, 0.4) is 0 Å². The molecule has 0 radical (unpaired) electrons. The zero-order chi connectivity index (χ0) is 36.2. The van der Waals surface area contributed by atoms with Gasteiger partial charge in [-0.05, 0) is 0 Å². The van der Waals surface area contributed by atoms with E-state index in [1.54, 1.807) is 19.9 Å². The van der Waals surface area contributed by atoms with Crippen molar-refractivity contribution < 1.29 is 46.1 Å². The predicted octanol–water partition coefficient (Wildman–Crippen LogP) is 7.31. The molecule has 0 spiro atoms. The van der Waals surface area contributed by atoms with Gasteiger partial charge in [0.05, 0.1) is 0 Å². The van der Waals surface area contributed by atoms with E-state index in [4.69, 9.17) is 0 Å². The van der Waals surface area contributed by atoms with Crippen molar-refractivity contribution in [2.75, 3.05) is 0 Å². The van der Waals surface area contributed by atoms with E-state index < -0.39 is 21.3 Å². The van der Waals surface area contributed by atoms with E-state index in [0.717, 1.165) is 17.8 Å². The summed E-state index contributed by atoms with van der Waals surface area (Å²) in [5.41, 5.74) is 16.1. The summed E-state index contributed by atoms with van der Waals surface area (Å²) in [4.78, 5) is 0. The molecule has 0 saturated heterocycles. The third kappa shape index (κ3) is 6.69. The summed E-state index contributed by atoms with van der Waals surface area (Å²) in [5, 5.41) is 0. The minimum atomic E-state index is -2.97. The summed E-state index contributed by atoms with van der Waals surface area (Å²) in [6.07, 6.45) is 11.5. The quantitative estimate of drug-likeness (QED) is 0.198. The Morgan fingerprint density at radius 1 is 0.611 bits per heavy atom. The van der Waals surface area contributed by atoms with E-state index in [-0.39, 0.29) is 35.6 Å². The molecule has 4 bridgehead atoms. The first-order valence-electron chi connectivity index (χ1n) is 20.4. The fraction of sp³-hybridized carbons (Fsp3) is 0.431. The Morgan fingerprint density at radius 3 is 1.44 bits per heavy atom. The SMILES string of the molecule is CC1=CC(C)[C]([Zr+2](=[C](c2ccccc2)c2ccccc2)[CH]2c3ccc(C(C)(C)C)cc3-c3cc(C(C)(C)C)ccc32)=C1C12CC3CC(CC(C3)C1)C2.[Cl-].[Cl-]. The van der Waals surface area contributed by atoms with Crippen LogP contribution in [0, 0.1) is 29.1 Å². The van der Waals surface area contributed by atoms with E-state index in [1.807, 2.05) is 8.85 Å². The average Bonchev–Trinajstić information content (AvgIpc) is 3.58. The topological polar surface area (TPSA) is 0 Å². The maximum Gasteiger partial charge on any atom is -1.00 e. The van der Waals surface area contributed by atoms with E-state index in [9.17, 15) is 0 Å². The van der Waals surface area contributed by atoms with Crippen molar-refractivity contribution in [2.24, 2.45) is 29.1 Å². The number of fused-ring (bicyclic) bond motifs is 3. The van der Waals surface area contributed by atoms with Gasteiger partial charge in [0.25, 0.3) is 0 Å². The summed E-state index contributed by atoms with van der Waals surface area (Å²) >= 11 is -2.97. The molecule has 0 aromatic heterocycles. The Balaban J connectivity index is 0.00000225. The van der Waals surface area contributed by atoms with Gasteiger partial charge in [-0.3, -0.25) is 0 Å². The largest absolute Gasteiger partial charge is 1.00 e. The molecule has 0 nitrogen and oxygen atoms in total. The summed E-state index contributed by atoms with van der Waals surface area (Å²) in [6.45, 7) is 19.4. The molecule has 280 valence electrons. The molecule has 54 heavy (non-hydrogen) atoms. The van der Waals surface area contributed by atoms with Gasteiger partial charge < -0.3 is 24.8 Å². The molecule has 4 aromatic rings. The third-order valence-electron chi connectivity index (χ3n) is 13.9. The first-order valence-corrected chi connectivity index (χ1v) is 24.3. The maximum absolute atomic E-state index is 2.97. The van der Waals surface area contributed by atoms with Gasteiger partial charge in [0.2, 0.25) is 0 Å². The molecule has 0 N–H and O–H groups in total. The van der Waals surface area contributed by atoms with Crippen molar-refractivity contribution in [1.29, 1.82) is 0 Å². The molecule has 6 aliphatic carbocycles. The Kier molecular flexibility index (Phi) is 10.8. The molecule has 4 saturated carbocycles. The van der Waals surface area contributed by atoms with Crippen LogP contribution in [0.25, 0.3) is 11.1 Å². The second kappa shape index (κ2) is 14.6. The first-order chi connectivity index (χ1) is 24.8. The van der Waals surface area contributed by atoms with Gasteiger partial charge in [0, 0.05) is 0 Å². The van der Waals surface area contributed by atoms with Crippen molar-refractivity contribution in [3.8, 4) is 11.1 Å². The molecule has 0 aliphatic heterocycles. The van der Waals surface area contributed by atoms with Crippen LogP contribution in [0.2, 0.25) is 0 Å². The van der Waals surface area contributed by atoms with Crippen molar-refractivity contribution >= 4 is 3.21 Å². The van der Waals surface area contributed by atoms with Crippen LogP contribution in [0.5, 0.6) is 0 Å². The molecule has 4 aromatic carbocycles. The van der Waals surface area contributed by atoms with Crippen LogP contribution >= 0.6 is 0 Å². The van der Waals surface area contributed by atoms with Gasteiger partial charge in [-0.2, -0.15) is 0 Å². The van der Waals surface area contributed by atoms with Crippen molar-refractivity contribution in [2.45, 2.75) is 108 Å². The molecule has 10 rings (SSSR count). The van der Waals surface area contributed by atoms with Gasteiger partial charge in [0.15, 0.2) is 0 Å². The van der Waals surface area contributed by atoms with Crippen LogP contribution in [-0.4, -0.2) is 3.21 Å². The van der Waals surface area contributed by atoms with Gasteiger partial charge >= 0.3 is 324 Å². The Bertz CT molecular complexity index is 2010. The fourth-order valence-electron chi connectivity index (χ4n) is 12.1. The Morgan fingerprint density at radius 2 is 1.04 bits per heavy atom. The van der Waals surface area contributed by atoms with Crippen molar-refractivity contribution in [1.82, 2.24) is 0 Å². The number of hydrogen-bond donors (Lipinski definition) is 0. The third-order valence-corrected chi connectivity index (χ3v) is 22.8. The van der Waals surface area contributed by atoms with E-state index in [2.05, 4.69) is 159 Å². The van der Waals surface area contributed by atoms with E-state index in [0.29, 0.717) is 15.0 Å². The molecule has 0 amide bonds. The standard InChI is InChI=1S/C21H25.C17H23.C13H10.2ClH.Zr/c1-20(2,3)16-9-7-14-11-15-8-10-17(21(4,5)6)13-19(15)18(14)12-16;1-11-3-12(2)16(4-11)17-8-13-5-14(9-17)7-15(6-13)10-17;1-3-7-12(8-4-1)11-13-9-5-2-6-10-13;;;/h7-13H,1-6H3;3,11,13-15H,5-10H2,1-2H3;1-10H;2*1H;/q;;;;;+2/p-2. The van der Waals surface area contributed by atoms with Crippen molar-refractivity contribution in [3.05, 3.63) is 151 Å². The van der Waals surface area contributed by atoms with Crippen LogP contribution in [-0.2, 0) is 32.1 Å². The monoisotopic (exact) mass is 830 g/mol. The normalized spacial score (nSPS) is 25.3. The molecule has 0 heterocycles. The molecule has 4 fully saturated rings. The van der Waals surface area contributed by atoms with Gasteiger partial charge in [-0.25, -0.2) is 0 Å². The summed E-state index contributed by atoms with van der Waals surface area (Å²) in [7, 11) is 0. The molecule has 3 heteroatoms. The van der Waals surface area contributed by atoms with Crippen LogP contribution in [0.1, 0.15) is 131 Å². The minimum Gasteiger partial charge on any atom is -1.00 e. The van der Waals surface area contributed by atoms with Gasteiger partial charge in [-0.15, -0.1) is 0 Å². The molecular weight excluding hydrogens is 775 g/mol. The van der Waals surface area contributed by atoms with Crippen LogP contribution < -0.4 is 24.8 Å². The summed E-state index contributed by atoms with van der Waals surface area (Å²) in [6, 6.07) is 38.7. The smallest absolute Gasteiger partial charge is 1.00 e. The second-order valence-corrected chi connectivity index (χ2v) is 25.7. The zero-order valence-corrected chi connectivity index (χ0v) is 37.7. The average molecular weight is 833 g/mol. The minimum absolute atomic E-state index is 0. The van der Waals surface area contributed by atoms with Gasteiger partial charge in [-0.1, -0.05) is 0 Å². The van der Waals surface area contributed by atoms with E-state index >= 15 is 0 Å². The number of allylic oxidation sites excluding steroid dienone is 4. The van der Waals surface area contributed by atoms with Gasteiger partial charge in [0.1, 0.15) is 0 Å². The number of hydrogen-bond acceptors (Lipinski definition) is 0. The predicted molar refractivity (Wildman–Crippen MR) is 218 cm³/mol. The Labute approximate surface area is 346 Å². The summed E-state index contributed by atoms with van der Waals surface area (Å²) in [5.74, 6) is 3.28. The van der Waals surface area contributed by atoms with Crippen LogP contribution in [0.15, 0.2) is 118 Å². The molecule has 1 unspecified atom stereocenters. The molecule has 6 aliphatic rings. The first kappa shape index (κ1) is 39.9. The summed E-state index contributed by atoms with van der Waals surface area (Å²) < 4.78 is 4.04. The molecule has 1 atom stereocenters. The number of halogens is 2. The number of rotatable bonds is 5. The Hall–Kier alpha value is -2.31.